The Hall–Kier alpha value is -4.32. The number of H-pyrrole nitrogens is 1. The normalized spacial score (nSPS) is 18.4. The Bertz CT molecular complexity index is 1680. The lowest BCUT2D eigenvalue weighted by atomic mass is 10.0. The number of pyridine rings is 1. The fraction of sp³-hybridized carbons (Fsp3) is 0.308. The number of halogens is 2. The highest BCUT2D eigenvalue weighted by molar-refractivity contribution is 6.01. The van der Waals surface area contributed by atoms with Crippen LogP contribution in [0.3, 0.4) is 0 Å². The number of aromatic nitrogens is 5. The van der Waals surface area contributed by atoms with E-state index in [-0.39, 0.29) is 29.0 Å². The number of hydrogen-bond acceptors (Lipinski definition) is 7. The van der Waals surface area contributed by atoms with E-state index in [0.717, 1.165) is 36.6 Å². The number of rotatable bonds is 3. The molecule has 2 aliphatic rings. The molecule has 2 aliphatic heterocycles. The molecule has 0 radical (unpaired) electrons. The second kappa shape index (κ2) is 8.62. The molecule has 0 saturated carbocycles. The van der Waals surface area contributed by atoms with E-state index < -0.39 is 17.7 Å². The van der Waals surface area contributed by atoms with Gasteiger partial charge in [0.15, 0.2) is 17.4 Å². The van der Waals surface area contributed by atoms with Gasteiger partial charge >= 0.3 is 0 Å². The number of nitrogens with one attached hydrogen (secondary N) is 1. The molecule has 2 N–H and O–H groups in total. The number of imidazole rings is 1. The zero-order valence-corrected chi connectivity index (χ0v) is 20.1. The lowest BCUT2D eigenvalue weighted by Crippen LogP contribution is -2.41. The summed E-state index contributed by atoms with van der Waals surface area (Å²) in [6.45, 7) is 1.83. The van der Waals surface area contributed by atoms with E-state index in [1.807, 2.05) is 18.3 Å². The van der Waals surface area contributed by atoms with Crippen molar-refractivity contribution in [1.82, 2.24) is 29.5 Å². The van der Waals surface area contributed by atoms with Crippen LogP contribution in [0.1, 0.15) is 46.5 Å². The molecular formula is C26H23F2N7O3. The number of aromatic amines is 1. The predicted octanol–water partition coefficient (Wildman–Crippen LogP) is 3.23. The first-order chi connectivity index (χ1) is 18.5. The first kappa shape index (κ1) is 22.8. The largest absolute Gasteiger partial charge is 0.435 e. The van der Waals surface area contributed by atoms with Crippen LogP contribution in [0.2, 0.25) is 0 Å². The number of carbonyl (C=O) groups is 1. The average molecular weight is 520 g/mol. The van der Waals surface area contributed by atoms with Crippen molar-refractivity contribution in [2.75, 3.05) is 24.5 Å². The summed E-state index contributed by atoms with van der Waals surface area (Å²) in [6, 6.07) is 4.81. The summed E-state index contributed by atoms with van der Waals surface area (Å²) in [6.07, 6.45) is 6.61. The van der Waals surface area contributed by atoms with Gasteiger partial charge in [-0.2, -0.15) is 5.10 Å². The molecule has 1 aromatic carbocycles. The molecule has 0 spiro atoms. The monoisotopic (exact) mass is 519 g/mol. The van der Waals surface area contributed by atoms with E-state index in [4.69, 9.17) is 4.42 Å². The fourth-order valence-electron chi connectivity index (χ4n) is 5.44. The lowest BCUT2D eigenvalue weighted by Gasteiger charge is -2.33. The first-order valence-corrected chi connectivity index (χ1v) is 12.5. The van der Waals surface area contributed by atoms with E-state index in [9.17, 15) is 18.7 Å². The number of amides is 1. The third-order valence-corrected chi connectivity index (χ3v) is 7.41. The number of fused-ring (bicyclic) bond motifs is 3. The molecular weight excluding hydrogens is 496 g/mol. The van der Waals surface area contributed by atoms with Gasteiger partial charge in [0.25, 0.3) is 5.91 Å². The van der Waals surface area contributed by atoms with Gasteiger partial charge < -0.3 is 24.3 Å². The van der Waals surface area contributed by atoms with Gasteiger partial charge in [-0.15, -0.1) is 0 Å². The van der Waals surface area contributed by atoms with Crippen LogP contribution < -0.4 is 4.90 Å². The van der Waals surface area contributed by atoms with Crippen molar-refractivity contribution in [3.63, 3.8) is 0 Å². The Morgan fingerprint density at radius 3 is 2.84 bits per heavy atom. The third-order valence-electron chi connectivity index (χ3n) is 7.41. The van der Waals surface area contributed by atoms with Gasteiger partial charge in [-0.3, -0.25) is 4.79 Å². The molecule has 0 aliphatic carbocycles. The number of hydrogen-bond donors (Lipinski definition) is 2. The smallest absolute Gasteiger partial charge is 0.258 e. The van der Waals surface area contributed by atoms with Crippen LogP contribution in [0.5, 0.6) is 0 Å². The van der Waals surface area contributed by atoms with Crippen LogP contribution in [0.25, 0.3) is 16.6 Å². The van der Waals surface area contributed by atoms with Crippen molar-refractivity contribution in [2.24, 2.45) is 0 Å². The van der Waals surface area contributed by atoms with Crippen molar-refractivity contribution in [3.05, 3.63) is 77.5 Å². The van der Waals surface area contributed by atoms with E-state index >= 15 is 0 Å². The van der Waals surface area contributed by atoms with E-state index in [2.05, 4.69) is 25.0 Å². The molecule has 6 heterocycles. The molecule has 4 aromatic heterocycles. The molecule has 1 atom stereocenters. The van der Waals surface area contributed by atoms with Gasteiger partial charge in [-0.25, -0.2) is 23.3 Å². The lowest BCUT2D eigenvalue weighted by molar-refractivity contribution is 0.0669. The summed E-state index contributed by atoms with van der Waals surface area (Å²) < 4.78 is 35.6. The summed E-state index contributed by atoms with van der Waals surface area (Å²) in [5.41, 5.74) is 3.21. The average Bonchev–Trinajstić information content (AvgIpc) is 3.65. The molecule has 12 heteroatoms. The summed E-state index contributed by atoms with van der Waals surface area (Å²) in [7, 11) is 0. The number of benzene rings is 1. The van der Waals surface area contributed by atoms with E-state index in [1.165, 1.54) is 12.5 Å². The minimum absolute atomic E-state index is 0.0290. The topological polar surface area (TPSA) is 116 Å². The number of aliphatic hydroxyl groups excluding tert-OH is 1. The zero-order chi connectivity index (χ0) is 26.0. The van der Waals surface area contributed by atoms with Gasteiger partial charge in [0.1, 0.15) is 11.3 Å². The van der Waals surface area contributed by atoms with Crippen LogP contribution in [0.15, 0.2) is 47.4 Å². The van der Waals surface area contributed by atoms with Gasteiger partial charge in [0, 0.05) is 43.9 Å². The standard InChI is InChI=1S/C26H23F2N7O3/c27-14-9-18(28)24-20(10-14)32-25(38-24)23-22-19(29-13-30-22)5-8-34(23)26(37)17-11-31-35-12-15(1-2-21(17)35)33-6-3-16(36)4-7-33/h1-2,9-13,16,23,36H,3-8H2,(H,29,30)/t23-/m0/s1. The van der Waals surface area contributed by atoms with Crippen molar-refractivity contribution in [2.45, 2.75) is 31.4 Å². The molecule has 7 rings (SSSR count). The second-order valence-corrected chi connectivity index (χ2v) is 9.70. The molecule has 0 bridgehead atoms. The maximum absolute atomic E-state index is 14.4. The molecule has 1 amide bonds. The quantitative estimate of drug-likeness (QED) is 0.376. The summed E-state index contributed by atoms with van der Waals surface area (Å²) in [4.78, 5) is 29.5. The highest BCUT2D eigenvalue weighted by Crippen LogP contribution is 2.36. The van der Waals surface area contributed by atoms with Gasteiger partial charge in [0.05, 0.1) is 47.3 Å². The van der Waals surface area contributed by atoms with Gasteiger partial charge in [-0.1, -0.05) is 0 Å². The maximum Gasteiger partial charge on any atom is 0.258 e. The van der Waals surface area contributed by atoms with Crippen molar-refractivity contribution in [1.29, 1.82) is 0 Å². The molecule has 5 aromatic rings. The van der Waals surface area contributed by atoms with E-state index in [0.29, 0.717) is 42.6 Å². The van der Waals surface area contributed by atoms with Crippen LogP contribution in [-0.2, 0) is 6.42 Å². The summed E-state index contributed by atoms with van der Waals surface area (Å²) >= 11 is 0. The molecule has 10 nitrogen and oxygen atoms in total. The van der Waals surface area contributed by atoms with Crippen LogP contribution in [0, 0.1) is 11.6 Å². The van der Waals surface area contributed by atoms with Crippen LogP contribution in [0.4, 0.5) is 14.5 Å². The maximum atomic E-state index is 14.4. The minimum atomic E-state index is -0.865. The summed E-state index contributed by atoms with van der Waals surface area (Å²) in [5, 5.41) is 14.2. The Morgan fingerprint density at radius 1 is 1.16 bits per heavy atom. The molecule has 1 saturated heterocycles. The second-order valence-electron chi connectivity index (χ2n) is 9.70. The number of carbonyl (C=O) groups excluding carboxylic acids is 1. The molecule has 38 heavy (non-hydrogen) atoms. The number of piperidine rings is 1. The Labute approximate surface area is 214 Å². The van der Waals surface area contributed by atoms with Gasteiger partial charge in [-0.05, 0) is 25.0 Å². The third kappa shape index (κ3) is 3.63. The number of aliphatic hydroxyl groups is 1. The molecule has 194 valence electrons. The van der Waals surface area contributed by atoms with Crippen molar-refractivity contribution < 1.29 is 23.1 Å². The molecule has 0 unspecified atom stereocenters. The predicted molar refractivity (Wildman–Crippen MR) is 132 cm³/mol. The SMILES string of the molecule is O=C(c1cnn2cc(N3CCC(O)CC3)ccc12)N1CCc2[nH]cnc2[C@H]1c1nc2cc(F)cc(F)c2o1. The number of anilines is 1. The number of oxazole rings is 1. The Balaban J connectivity index is 1.26. The first-order valence-electron chi connectivity index (χ1n) is 12.5. The fourth-order valence-corrected chi connectivity index (χ4v) is 5.44. The van der Waals surface area contributed by atoms with E-state index in [1.54, 1.807) is 9.42 Å². The number of nitrogens with zero attached hydrogens (tertiary/aromatic N) is 6. The zero-order valence-electron chi connectivity index (χ0n) is 20.1. The molecule has 1 fully saturated rings. The minimum Gasteiger partial charge on any atom is -0.435 e. The van der Waals surface area contributed by atoms with Crippen LogP contribution in [-0.4, -0.2) is 66.2 Å². The summed E-state index contributed by atoms with van der Waals surface area (Å²) in [5.74, 6) is -1.88. The Morgan fingerprint density at radius 2 is 2.00 bits per heavy atom. The van der Waals surface area contributed by atoms with Gasteiger partial charge in [0.2, 0.25) is 5.89 Å². The van der Waals surface area contributed by atoms with Crippen molar-refractivity contribution in [3.8, 4) is 0 Å². The highest BCUT2D eigenvalue weighted by atomic mass is 19.1. The Kier molecular flexibility index (Phi) is 5.18. The van der Waals surface area contributed by atoms with Crippen molar-refractivity contribution >= 4 is 28.2 Å². The van der Waals surface area contributed by atoms with Crippen LogP contribution >= 0.6 is 0 Å². The highest BCUT2D eigenvalue weighted by Gasteiger charge is 2.39.